The lowest BCUT2D eigenvalue weighted by atomic mass is 9.88. The number of hydrogen-bond acceptors (Lipinski definition) is 3. The van der Waals surface area contributed by atoms with Crippen LogP contribution in [0.25, 0.3) is 131 Å². The summed E-state index contributed by atoms with van der Waals surface area (Å²) in [5, 5.41) is 12.7. The summed E-state index contributed by atoms with van der Waals surface area (Å²) in [4.78, 5) is 10.3. The molecule has 0 N–H and O–H groups in total. The Labute approximate surface area is 380 Å². The summed E-state index contributed by atoms with van der Waals surface area (Å²) in [5.74, 6) is 0.715. The number of nitrogens with zero attached hydrogens (tertiary/aromatic N) is 2. The fourth-order valence-electron chi connectivity index (χ4n) is 9.92. The summed E-state index contributed by atoms with van der Waals surface area (Å²) in [6.45, 7) is 0. The van der Waals surface area contributed by atoms with Crippen LogP contribution in [0.2, 0.25) is 0 Å². The van der Waals surface area contributed by atoms with Gasteiger partial charge in [-0.15, -0.1) is 11.3 Å². The predicted molar refractivity (Wildman–Crippen MR) is 278 cm³/mol. The van der Waals surface area contributed by atoms with Crippen molar-refractivity contribution in [3.05, 3.63) is 231 Å². The van der Waals surface area contributed by atoms with Crippen LogP contribution in [-0.4, -0.2) is 9.97 Å². The summed E-state index contributed by atoms with van der Waals surface area (Å²) in [6, 6.07) is 83.6. The van der Waals surface area contributed by atoms with Gasteiger partial charge in [0.25, 0.3) is 0 Å². The third-order valence-corrected chi connectivity index (χ3v) is 14.2. The Morgan fingerprint density at radius 2 is 0.785 bits per heavy atom. The van der Waals surface area contributed by atoms with Crippen LogP contribution in [0, 0.1) is 0 Å². The Kier molecular flexibility index (Phi) is 8.75. The van der Waals surface area contributed by atoms with E-state index in [0.29, 0.717) is 5.82 Å². The average molecular weight is 843 g/mol. The van der Waals surface area contributed by atoms with Gasteiger partial charge < -0.3 is 0 Å². The van der Waals surface area contributed by atoms with Crippen LogP contribution in [0.4, 0.5) is 0 Å². The van der Waals surface area contributed by atoms with Gasteiger partial charge in [-0.2, -0.15) is 0 Å². The molecule has 11 aromatic carbocycles. The van der Waals surface area contributed by atoms with E-state index in [9.17, 15) is 0 Å². The van der Waals surface area contributed by atoms with Crippen LogP contribution in [0.5, 0.6) is 0 Å². The summed E-state index contributed by atoms with van der Waals surface area (Å²) in [7, 11) is 0. The van der Waals surface area contributed by atoms with Crippen LogP contribution in [0.3, 0.4) is 0 Å². The van der Waals surface area contributed by atoms with Gasteiger partial charge in [-0.25, -0.2) is 9.97 Å². The Morgan fingerprint density at radius 1 is 0.262 bits per heavy atom. The molecule has 3 heteroatoms. The van der Waals surface area contributed by atoms with E-state index in [4.69, 9.17) is 9.97 Å². The topological polar surface area (TPSA) is 25.8 Å². The molecule has 2 aromatic heterocycles. The number of fused-ring (bicyclic) bond motifs is 8. The second kappa shape index (κ2) is 15.2. The van der Waals surface area contributed by atoms with Crippen molar-refractivity contribution in [3.8, 4) is 67.3 Å². The van der Waals surface area contributed by atoms with E-state index in [0.717, 1.165) is 33.6 Å². The SMILES string of the molecule is c1ccc(-c2nc(-c3ccc(-c4ccc(-c5ccc(-c6c7ccccc7cc7c6ccc6ccccc67)cc5)c5ccccc45)cc3)cc(-c3ccc4c(c3)sc3ccccc34)n2)cc1. The second-order valence-corrected chi connectivity index (χ2v) is 17.9. The monoisotopic (exact) mass is 842 g/mol. The maximum Gasteiger partial charge on any atom is 0.160 e. The molecule has 0 saturated heterocycles. The molecule has 2 heterocycles. The molecule has 65 heavy (non-hydrogen) atoms. The van der Waals surface area contributed by atoms with Gasteiger partial charge in [0.2, 0.25) is 0 Å². The molecule has 0 spiro atoms. The van der Waals surface area contributed by atoms with E-state index >= 15 is 0 Å². The number of aromatic nitrogens is 2. The van der Waals surface area contributed by atoms with Gasteiger partial charge in [-0.3, -0.25) is 0 Å². The van der Waals surface area contributed by atoms with Gasteiger partial charge in [0.1, 0.15) is 0 Å². The van der Waals surface area contributed by atoms with E-state index in [1.165, 1.54) is 91.1 Å². The lowest BCUT2D eigenvalue weighted by molar-refractivity contribution is 1.18. The van der Waals surface area contributed by atoms with Crippen molar-refractivity contribution in [2.75, 3.05) is 0 Å². The molecule has 0 aliphatic heterocycles. The summed E-state index contributed by atoms with van der Waals surface area (Å²) in [6.07, 6.45) is 0. The Bertz CT molecular complexity index is 3980. The first kappa shape index (κ1) is 37.3. The smallest absolute Gasteiger partial charge is 0.160 e. The molecule has 302 valence electrons. The first-order chi connectivity index (χ1) is 32.2. The standard InChI is InChI=1S/C62H38N2S/c1-2-13-44(14-3-1)62-63-57(38-58(64-62)46-31-32-54-53-20-10-11-21-59(53)65-60(54)37-46)42-26-22-40(23-27-42)48-34-35-49(52-19-9-8-18-51(48)52)41-24-28-43(29-25-41)61-50-17-7-5-15-45(50)36-56-47-16-6-4-12-39(47)30-33-55(56)61/h1-38H. The first-order valence-corrected chi connectivity index (χ1v) is 22.9. The van der Waals surface area contributed by atoms with Crippen molar-refractivity contribution < 1.29 is 0 Å². The third-order valence-electron chi connectivity index (χ3n) is 13.1. The number of rotatable bonds is 6. The zero-order valence-electron chi connectivity index (χ0n) is 35.2. The van der Waals surface area contributed by atoms with E-state index in [1.807, 2.05) is 29.5 Å². The van der Waals surface area contributed by atoms with Crippen molar-refractivity contribution in [3.63, 3.8) is 0 Å². The van der Waals surface area contributed by atoms with Crippen LogP contribution in [0.15, 0.2) is 231 Å². The molecular formula is C62H38N2S. The molecule has 13 aromatic rings. The second-order valence-electron chi connectivity index (χ2n) is 16.9. The zero-order valence-corrected chi connectivity index (χ0v) is 36.1. The van der Waals surface area contributed by atoms with Gasteiger partial charge in [0.05, 0.1) is 11.4 Å². The van der Waals surface area contributed by atoms with Gasteiger partial charge in [0.15, 0.2) is 5.82 Å². The van der Waals surface area contributed by atoms with E-state index in [2.05, 4.69) is 212 Å². The van der Waals surface area contributed by atoms with Crippen molar-refractivity contribution in [2.24, 2.45) is 0 Å². The molecule has 2 nitrogen and oxygen atoms in total. The molecule has 0 saturated carbocycles. The third kappa shape index (κ3) is 6.39. The fraction of sp³-hybridized carbons (Fsp3) is 0. The molecule has 0 radical (unpaired) electrons. The fourth-order valence-corrected chi connectivity index (χ4v) is 11.1. The highest BCUT2D eigenvalue weighted by atomic mass is 32.1. The largest absolute Gasteiger partial charge is 0.228 e. The molecule has 0 aliphatic carbocycles. The van der Waals surface area contributed by atoms with Crippen LogP contribution < -0.4 is 0 Å². The van der Waals surface area contributed by atoms with E-state index in [-0.39, 0.29) is 0 Å². The number of thiophene rings is 1. The minimum absolute atomic E-state index is 0.715. The van der Waals surface area contributed by atoms with Gasteiger partial charge >= 0.3 is 0 Å². The molecule has 0 atom stereocenters. The van der Waals surface area contributed by atoms with Gasteiger partial charge in [-0.1, -0.05) is 206 Å². The molecule has 0 bridgehead atoms. The lowest BCUT2D eigenvalue weighted by Crippen LogP contribution is -1.96. The first-order valence-electron chi connectivity index (χ1n) is 22.1. The van der Waals surface area contributed by atoms with Gasteiger partial charge in [-0.05, 0) is 101 Å². The van der Waals surface area contributed by atoms with Crippen LogP contribution in [0.1, 0.15) is 0 Å². The van der Waals surface area contributed by atoms with Gasteiger partial charge in [0, 0.05) is 36.9 Å². The minimum Gasteiger partial charge on any atom is -0.228 e. The molecule has 0 amide bonds. The summed E-state index contributed by atoms with van der Waals surface area (Å²) in [5.41, 5.74) is 12.2. The van der Waals surface area contributed by atoms with Crippen molar-refractivity contribution >= 4 is 74.6 Å². The predicted octanol–water partition coefficient (Wildman–Crippen LogP) is 17.5. The Balaban J connectivity index is 0.862. The molecule has 0 aliphatic rings. The maximum atomic E-state index is 5.15. The average Bonchev–Trinajstić information content (AvgIpc) is 3.76. The lowest BCUT2D eigenvalue weighted by Gasteiger charge is -2.15. The van der Waals surface area contributed by atoms with Crippen molar-refractivity contribution in [1.29, 1.82) is 0 Å². The quantitative estimate of drug-likeness (QED) is 0.123. The zero-order chi connectivity index (χ0) is 42.8. The van der Waals surface area contributed by atoms with Crippen molar-refractivity contribution in [1.82, 2.24) is 9.97 Å². The maximum absolute atomic E-state index is 5.15. The van der Waals surface area contributed by atoms with E-state index in [1.54, 1.807) is 0 Å². The molecular weight excluding hydrogens is 805 g/mol. The highest BCUT2D eigenvalue weighted by molar-refractivity contribution is 7.25. The van der Waals surface area contributed by atoms with Crippen LogP contribution in [-0.2, 0) is 0 Å². The van der Waals surface area contributed by atoms with Crippen molar-refractivity contribution in [2.45, 2.75) is 0 Å². The number of hydrogen-bond donors (Lipinski definition) is 0. The Hall–Kier alpha value is -8.24. The molecule has 13 rings (SSSR count). The van der Waals surface area contributed by atoms with Crippen LogP contribution >= 0.6 is 11.3 Å². The van der Waals surface area contributed by atoms with E-state index < -0.39 is 0 Å². The minimum atomic E-state index is 0.715. The number of benzene rings is 11. The highest BCUT2D eigenvalue weighted by Gasteiger charge is 2.16. The summed E-state index contributed by atoms with van der Waals surface area (Å²) < 4.78 is 2.55. The molecule has 0 unspecified atom stereocenters. The summed E-state index contributed by atoms with van der Waals surface area (Å²) >= 11 is 1.83. The highest BCUT2D eigenvalue weighted by Crippen LogP contribution is 2.42. The molecule has 0 fully saturated rings. The Morgan fingerprint density at radius 3 is 1.51 bits per heavy atom. The normalized spacial score (nSPS) is 11.7.